The third kappa shape index (κ3) is 6.33. The highest BCUT2D eigenvalue weighted by molar-refractivity contribution is 5.83. The minimum Gasteiger partial charge on any atom is -0.375 e. The average molecular weight is 414 g/mol. The molecule has 30 heavy (non-hydrogen) atoms. The van der Waals surface area contributed by atoms with Crippen LogP contribution in [0.5, 0.6) is 0 Å². The summed E-state index contributed by atoms with van der Waals surface area (Å²) in [7, 11) is 0. The van der Waals surface area contributed by atoms with Crippen LogP contribution >= 0.6 is 0 Å². The fraction of sp³-hybridized carbons (Fsp3) is 0.889. The van der Waals surface area contributed by atoms with Crippen LogP contribution in [0.2, 0.25) is 0 Å². The van der Waals surface area contributed by atoms with Crippen LogP contribution in [0.25, 0.3) is 0 Å². The van der Waals surface area contributed by atoms with Gasteiger partial charge in [0.05, 0.1) is 12.2 Å². The van der Waals surface area contributed by atoms with Crippen LogP contribution < -0.4 is 5.73 Å². The minimum absolute atomic E-state index is 0.291. The second-order valence-corrected chi connectivity index (χ2v) is 10.7. The molecule has 4 aliphatic carbocycles. The molecule has 4 rings (SSSR count). The van der Waals surface area contributed by atoms with Crippen LogP contribution in [0, 0.1) is 35.5 Å². The Bertz CT molecular complexity index is 590. The molecular formula is C27H43NO2. The van der Waals surface area contributed by atoms with E-state index in [1.54, 1.807) is 0 Å². The zero-order valence-electron chi connectivity index (χ0n) is 19.0. The molecule has 0 atom stereocenters. The lowest BCUT2D eigenvalue weighted by molar-refractivity contribution is -0.130. The fourth-order valence-electron chi connectivity index (χ4n) is 6.32. The molecule has 4 saturated carbocycles. The lowest BCUT2D eigenvalue weighted by Crippen LogP contribution is -2.35. The standard InChI is InChI=1S/C27H43NO2/c28-24-14-18-26(19-15-24)30-25-16-12-23(13-17-25)27(29)22-10-8-21(9-11-22)7-6-20-4-2-1-3-5-20/h20-26H,1-5,8-19,28H2. The summed E-state index contributed by atoms with van der Waals surface area (Å²) in [5, 5.41) is 0. The molecule has 168 valence electrons. The molecule has 3 heteroatoms. The maximum absolute atomic E-state index is 13.1. The fourth-order valence-corrected chi connectivity index (χ4v) is 6.32. The van der Waals surface area contributed by atoms with Gasteiger partial charge >= 0.3 is 0 Å². The van der Waals surface area contributed by atoms with Crippen LogP contribution in [0.4, 0.5) is 0 Å². The Kier molecular flexibility index (Phi) is 8.30. The van der Waals surface area contributed by atoms with Crippen molar-refractivity contribution < 1.29 is 9.53 Å². The van der Waals surface area contributed by atoms with Gasteiger partial charge in [-0.3, -0.25) is 4.79 Å². The quantitative estimate of drug-likeness (QED) is 0.593. The maximum Gasteiger partial charge on any atom is 0.139 e. The second-order valence-electron chi connectivity index (χ2n) is 10.7. The molecule has 0 aliphatic heterocycles. The largest absolute Gasteiger partial charge is 0.375 e. The topological polar surface area (TPSA) is 52.3 Å². The van der Waals surface area contributed by atoms with E-state index in [2.05, 4.69) is 11.8 Å². The second kappa shape index (κ2) is 11.1. The number of ketones is 1. The van der Waals surface area contributed by atoms with Crippen molar-refractivity contribution >= 4 is 5.78 Å². The maximum atomic E-state index is 13.1. The first-order valence-electron chi connectivity index (χ1n) is 13.1. The van der Waals surface area contributed by atoms with Gasteiger partial charge < -0.3 is 10.5 Å². The molecule has 0 aromatic rings. The molecule has 0 bridgehead atoms. The van der Waals surface area contributed by atoms with Crippen LogP contribution in [0.3, 0.4) is 0 Å². The molecule has 0 aromatic heterocycles. The van der Waals surface area contributed by atoms with E-state index in [9.17, 15) is 4.79 Å². The van der Waals surface area contributed by atoms with E-state index in [1.807, 2.05) is 0 Å². The van der Waals surface area contributed by atoms with Crippen LogP contribution in [-0.4, -0.2) is 24.0 Å². The first-order valence-corrected chi connectivity index (χ1v) is 13.1. The van der Waals surface area contributed by atoms with E-state index < -0.39 is 0 Å². The molecule has 0 radical (unpaired) electrons. The number of hydrogen-bond donors (Lipinski definition) is 1. The third-order valence-electron chi connectivity index (χ3n) is 8.41. The smallest absolute Gasteiger partial charge is 0.139 e. The Balaban J connectivity index is 1.15. The SMILES string of the molecule is NC1CCC(OC2CCC(C(=O)C3CCC(C#CC4CCCCC4)CC3)CC2)CC1. The van der Waals surface area contributed by atoms with Gasteiger partial charge in [-0.15, -0.1) is 0 Å². The van der Waals surface area contributed by atoms with E-state index >= 15 is 0 Å². The van der Waals surface area contributed by atoms with Crippen molar-refractivity contribution in [1.29, 1.82) is 0 Å². The van der Waals surface area contributed by atoms with Crippen molar-refractivity contribution in [2.45, 2.75) is 127 Å². The first-order chi connectivity index (χ1) is 14.7. The number of hydrogen-bond acceptors (Lipinski definition) is 3. The van der Waals surface area contributed by atoms with E-state index in [-0.39, 0.29) is 0 Å². The van der Waals surface area contributed by atoms with Gasteiger partial charge in [-0.05, 0) is 89.9 Å². The average Bonchev–Trinajstić information content (AvgIpc) is 2.80. The summed E-state index contributed by atoms with van der Waals surface area (Å²) in [6, 6.07) is 0.381. The Morgan fingerprint density at radius 3 is 1.63 bits per heavy atom. The molecule has 0 spiro atoms. The number of carbonyl (C=O) groups is 1. The van der Waals surface area contributed by atoms with E-state index in [1.165, 1.54) is 32.1 Å². The predicted molar refractivity (Wildman–Crippen MR) is 122 cm³/mol. The lowest BCUT2D eigenvalue weighted by atomic mass is 9.73. The molecule has 2 N–H and O–H groups in total. The predicted octanol–water partition coefficient (Wildman–Crippen LogP) is 5.79. The number of rotatable bonds is 4. The molecule has 4 aliphatic rings. The molecule has 0 unspecified atom stereocenters. The van der Waals surface area contributed by atoms with Gasteiger partial charge in [0.1, 0.15) is 5.78 Å². The van der Waals surface area contributed by atoms with Gasteiger partial charge in [-0.1, -0.05) is 31.1 Å². The molecule has 0 heterocycles. The molecule has 0 amide bonds. The monoisotopic (exact) mass is 413 g/mol. The zero-order valence-corrected chi connectivity index (χ0v) is 19.0. The van der Waals surface area contributed by atoms with Crippen LogP contribution in [0.1, 0.15) is 109 Å². The Labute approximate surface area is 184 Å². The van der Waals surface area contributed by atoms with Gasteiger partial charge in [-0.2, -0.15) is 0 Å². The van der Waals surface area contributed by atoms with Crippen molar-refractivity contribution in [3.63, 3.8) is 0 Å². The van der Waals surface area contributed by atoms with Crippen molar-refractivity contribution in [1.82, 2.24) is 0 Å². The number of ether oxygens (including phenoxy) is 1. The third-order valence-corrected chi connectivity index (χ3v) is 8.41. The number of carbonyl (C=O) groups excluding carboxylic acids is 1. The van der Waals surface area contributed by atoms with Crippen LogP contribution in [-0.2, 0) is 9.53 Å². The van der Waals surface area contributed by atoms with E-state index in [0.717, 1.165) is 77.0 Å². The highest BCUT2D eigenvalue weighted by Gasteiger charge is 2.34. The summed E-state index contributed by atoms with van der Waals surface area (Å²) in [4.78, 5) is 13.1. The summed E-state index contributed by atoms with van der Waals surface area (Å²) in [6.45, 7) is 0. The van der Waals surface area contributed by atoms with E-state index in [4.69, 9.17) is 10.5 Å². The number of Topliss-reactive ketones (excluding diaryl/α,β-unsaturated/α-hetero) is 1. The highest BCUT2D eigenvalue weighted by Crippen LogP contribution is 2.36. The molecule has 4 fully saturated rings. The summed E-state index contributed by atoms with van der Waals surface area (Å²) >= 11 is 0. The molecule has 3 nitrogen and oxygen atoms in total. The summed E-state index contributed by atoms with van der Waals surface area (Å²) < 4.78 is 6.36. The van der Waals surface area contributed by atoms with Crippen molar-refractivity contribution in [2.75, 3.05) is 0 Å². The van der Waals surface area contributed by atoms with Crippen LogP contribution in [0.15, 0.2) is 0 Å². The molecule has 0 saturated heterocycles. The Morgan fingerprint density at radius 2 is 1.07 bits per heavy atom. The van der Waals surface area contributed by atoms with E-state index in [0.29, 0.717) is 47.7 Å². The minimum atomic E-state index is 0.291. The number of nitrogens with two attached hydrogens (primary N) is 1. The van der Waals surface area contributed by atoms with Gasteiger partial charge in [0.25, 0.3) is 0 Å². The Morgan fingerprint density at radius 1 is 0.600 bits per heavy atom. The first kappa shape index (κ1) is 22.3. The van der Waals surface area contributed by atoms with Gasteiger partial charge in [0.2, 0.25) is 0 Å². The lowest BCUT2D eigenvalue weighted by Gasteiger charge is -2.35. The van der Waals surface area contributed by atoms with Crippen molar-refractivity contribution in [3.05, 3.63) is 0 Å². The van der Waals surface area contributed by atoms with Gasteiger partial charge in [0.15, 0.2) is 0 Å². The summed E-state index contributed by atoms with van der Waals surface area (Å²) in [6.07, 6.45) is 20.6. The Hall–Kier alpha value is -0.850. The van der Waals surface area contributed by atoms with Crippen molar-refractivity contribution in [2.24, 2.45) is 29.4 Å². The normalized spacial score (nSPS) is 38.4. The molecular weight excluding hydrogens is 370 g/mol. The van der Waals surface area contributed by atoms with Crippen molar-refractivity contribution in [3.8, 4) is 11.8 Å². The summed E-state index contributed by atoms with van der Waals surface area (Å²) in [5.74, 6) is 9.54. The van der Waals surface area contributed by atoms with Gasteiger partial charge in [0, 0.05) is 29.7 Å². The summed E-state index contributed by atoms with van der Waals surface area (Å²) in [5.41, 5.74) is 6.01. The zero-order chi connectivity index (χ0) is 20.8. The van der Waals surface area contributed by atoms with Gasteiger partial charge in [-0.25, -0.2) is 0 Å². The highest BCUT2D eigenvalue weighted by atomic mass is 16.5. The molecule has 0 aromatic carbocycles.